The maximum atomic E-state index is 12.8. The van der Waals surface area contributed by atoms with Gasteiger partial charge < -0.3 is 4.74 Å². The molecule has 1 amide bonds. The number of ether oxygens (including phenoxy) is 1. The molecule has 0 spiro atoms. The van der Waals surface area contributed by atoms with Gasteiger partial charge in [0.25, 0.3) is 0 Å². The van der Waals surface area contributed by atoms with E-state index < -0.39 is 0 Å². The number of anilines is 1. The Bertz CT molecular complexity index is 952. The molecule has 30 heavy (non-hydrogen) atoms. The van der Waals surface area contributed by atoms with E-state index in [1.807, 2.05) is 4.57 Å². The van der Waals surface area contributed by atoms with Gasteiger partial charge in [-0.2, -0.15) is 4.98 Å². The molecule has 10 heteroatoms. The highest BCUT2D eigenvalue weighted by molar-refractivity contribution is 8.00. The number of rotatable bonds is 8. The number of nitrogens with zero attached hydrogens (tertiary/aromatic N) is 4. The number of fused-ring (bicyclic) bond motifs is 1. The molecule has 1 aliphatic heterocycles. The average molecular weight is 450 g/mol. The number of aryl methyl sites for hydroxylation is 1. The summed E-state index contributed by atoms with van der Waals surface area (Å²) in [6, 6.07) is 0. The summed E-state index contributed by atoms with van der Waals surface area (Å²) in [6.07, 6.45) is 7.93. The van der Waals surface area contributed by atoms with Gasteiger partial charge in [0.15, 0.2) is 0 Å². The van der Waals surface area contributed by atoms with Gasteiger partial charge in [-0.1, -0.05) is 30.0 Å². The van der Waals surface area contributed by atoms with Crippen LogP contribution in [0.5, 0.6) is 0 Å². The van der Waals surface area contributed by atoms with Crippen LogP contribution in [0.4, 0.5) is 5.13 Å². The zero-order valence-electron chi connectivity index (χ0n) is 17.2. The van der Waals surface area contributed by atoms with E-state index in [1.165, 1.54) is 23.1 Å². The van der Waals surface area contributed by atoms with Crippen molar-refractivity contribution in [3.63, 3.8) is 0 Å². The van der Waals surface area contributed by atoms with Crippen LogP contribution in [0.1, 0.15) is 55.3 Å². The topological polar surface area (TPSA) is 99.0 Å². The van der Waals surface area contributed by atoms with E-state index in [4.69, 9.17) is 4.74 Å². The van der Waals surface area contributed by atoms with Gasteiger partial charge >= 0.3 is 5.69 Å². The Kier molecular flexibility index (Phi) is 7.16. The Morgan fingerprint density at radius 3 is 2.97 bits per heavy atom. The van der Waals surface area contributed by atoms with Gasteiger partial charge in [0.05, 0.1) is 18.4 Å². The number of hydrogen-bond donors (Lipinski definition) is 1. The lowest BCUT2D eigenvalue weighted by Crippen LogP contribution is -2.34. The molecule has 1 aliphatic carbocycles. The molecule has 162 valence electrons. The monoisotopic (exact) mass is 449 g/mol. The van der Waals surface area contributed by atoms with Gasteiger partial charge in [0.2, 0.25) is 11.0 Å². The molecule has 1 atom stereocenters. The smallest absolute Gasteiger partial charge is 0.348 e. The van der Waals surface area contributed by atoms with Crippen LogP contribution in [0.2, 0.25) is 0 Å². The first-order valence-corrected chi connectivity index (χ1v) is 12.4. The predicted molar refractivity (Wildman–Crippen MR) is 117 cm³/mol. The third-order valence-corrected chi connectivity index (χ3v) is 7.29. The number of amides is 1. The number of carbonyl (C=O) groups excluding carboxylic acids is 1. The third kappa shape index (κ3) is 5.09. The number of carbonyl (C=O) groups is 1. The Morgan fingerprint density at radius 2 is 2.17 bits per heavy atom. The molecule has 0 radical (unpaired) electrons. The molecule has 2 aromatic heterocycles. The molecule has 0 bridgehead atoms. The van der Waals surface area contributed by atoms with Crippen LogP contribution in [0.25, 0.3) is 0 Å². The molecule has 1 saturated heterocycles. The third-order valence-electron chi connectivity index (χ3n) is 5.38. The van der Waals surface area contributed by atoms with E-state index in [1.54, 1.807) is 0 Å². The molecule has 1 unspecified atom stereocenters. The first kappa shape index (κ1) is 21.5. The summed E-state index contributed by atoms with van der Waals surface area (Å²) < 4.78 is 7.54. The summed E-state index contributed by atoms with van der Waals surface area (Å²) in [4.78, 5) is 29.5. The first-order valence-electron chi connectivity index (χ1n) is 10.6. The zero-order chi connectivity index (χ0) is 20.9. The molecule has 2 aromatic rings. The summed E-state index contributed by atoms with van der Waals surface area (Å²) in [5.41, 5.74) is 1.97. The van der Waals surface area contributed by atoms with E-state index >= 15 is 0 Å². The van der Waals surface area contributed by atoms with E-state index in [0.29, 0.717) is 16.7 Å². The maximum Gasteiger partial charge on any atom is 0.348 e. The Labute approximate surface area is 183 Å². The molecule has 0 aromatic carbocycles. The van der Waals surface area contributed by atoms with Gasteiger partial charge in [0, 0.05) is 24.3 Å². The van der Waals surface area contributed by atoms with Crippen LogP contribution in [0.3, 0.4) is 0 Å². The SMILES string of the molecule is CCCc1nnc(NC(=O)CSc2nc(=O)n(CC3CCCO3)c3c2CCCC3)s1. The van der Waals surface area contributed by atoms with Crippen molar-refractivity contribution in [1.82, 2.24) is 19.7 Å². The van der Waals surface area contributed by atoms with E-state index in [0.717, 1.165) is 74.2 Å². The van der Waals surface area contributed by atoms with Crippen LogP contribution < -0.4 is 11.0 Å². The lowest BCUT2D eigenvalue weighted by Gasteiger charge is -2.24. The zero-order valence-corrected chi connectivity index (χ0v) is 18.8. The summed E-state index contributed by atoms with van der Waals surface area (Å²) in [7, 11) is 0. The Balaban J connectivity index is 1.45. The molecule has 8 nitrogen and oxygen atoms in total. The van der Waals surface area contributed by atoms with Crippen molar-refractivity contribution >= 4 is 34.1 Å². The second-order valence-electron chi connectivity index (χ2n) is 7.67. The fourth-order valence-electron chi connectivity index (χ4n) is 3.96. The van der Waals surface area contributed by atoms with Crippen LogP contribution in [-0.2, 0) is 35.3 Å². The molecule has 3 heterocycles. The van der Waals surface area contributed by atoms with Crippen molar-refractivity contribution in [2.24, 2.45) is 0 Å². The Hall–Kier alpha value is -1.78. The van der Waals surface area contributed by atoms with Gasteiger partial charge in [-0.15, -0.1) is 10.2 Å². The summed E-state index contributed by atoms with van der Waals surface area (Å²) in [5.74, 6) is 0.0335. The minimum Gasteiger partial charge on any atom is -0.376 e. The van der Waals surface area contributed by atoms with Gasteiger partial charge in [-0.05, 0) is 44.9 Å². The Morgan fingerprint density at radius 1 is 1.30 bits per heavy atom. The minimum absolute atomic E-state index is 0.101. The van der Waals surface area contributed by atoms with Gasteiger partial charge in [-0.3, -0.25) is 14.7 Å². The lowest BCUT2D eigenvalue weighted by molar-refractivity contribution is -0.113. The summed E-state index contributed by atoms with van der Waals surface area (Å²) in [6.45, 7) is 3.43. The molecule has 2 aliphatic rings. The number of aromatic nitrogens is 4. The van der Waals surface area contributed by atoms with Crippen molar-refractivity contribution in [2.45, 2.75) is 76.0 Å². The molecular formula is C20H27N5O3S2. The van der Waals surface area contributed by atoms with Crippen molar-refractivity contribution in [3.05, 3.63) is 26.7 Å². The molecule has 1 fully saturated rings. The van der Waals surface area contributed by atoms with Crippen molar-refractivity contribution < 1.29 is 9.53 Å². The van der Waals surface area contributed by atoms with E-state index in [-0.39, 0.29) is 23.5 Å². The highest BCUT2D eigenvalue weighted by Gasteiger charge is 2.24. The van der Waals surface area contributed by atoms with E-state index in [2.05, 4.69) is 27.4 Å². The van der Waals surface area contributed by atoms with Crippen LogP contribution in [-0.4, -0.2) is 44.1 Å². The van der Waals surface area contributed by atoms with Crippen molar-refractivity contribution in [3.8, 4) is 0 Å². The largest absolute Gasteiger partial charge is 0.376 e. The molecular weight excluding hydrogens is 422 g/mol. The lowest BCUT2D eigenvalue weighted by atomic mass is 9.97. The average Bonchev–Trinajstić information content (AvgIpc) is 3.41. The summed E-state index contributed by atoms with van der Waals surface area (Å²) >= 11 is 2.74. The fraction of sp³-hybridized carbons (Fsp3) is 0.650. The van der Waals surface area contributed by atoms with E-state index in [9.17, 15) is 9.59 Å². The normalized spacial score (nSPS) is 18.4. The highest BCUT2D eigenvalue weighted by Crippen LogP contribution is 2.29. The number of hydrogen-bond acceptors (Lipinski definition) is 8. The second kappa shape index (κ2) is 10.0. The fourth-order valence-corrected chi connectivity index (χ4v) is 5.69. The number of thioether (sulfide) groups is 1. The second-order valence-corrected chi connectivity index (χ2v) is 9.69. The minimum atomic E-state index is -0.234. The van der Waals surface area contributed by atoms with Crippen molar-refractivity contribution in [1.29, 1.82) is 0 Å². The standard InChI is InChI=1S/C20H27N5O3S2/c1-2-6-17-23-24-19(30-17)21-16(26)12-29-18-14-8-3-4-9-15(14)25(20(27)22-18)11-13-7-5-10-28-13/h13H,2-12H2,1H3,(H,21,24,26). The molecule has 4 rings (SSSR count). The van der Waals surface area contributed by atoms with Crippen LogP contribution in [0.15, 0.2) is 9.82 Å². The van der Waals surface area contributed by atoms with Gasteiger partial charge in [-0.25, -0.2) is 4.79 Å². The number of nitrogens with one attached hydrogen (secondary N) is 1. The quantitative estimate of drug-likeness (QED) is 0.489. The molecule has 0 saturated carbocycles. The first-order chi connectivity index (χ1) is 14.6. The molecule has 1 N–H and O–H groups in total. The van der Waals surface area contributed by atoms with Crippen molar-refractivity contribution in [2.75, 3.05) is 17.7 Å². The van der Waals surface area contributed by atoms with Crippen LogP contribution in [0, 0.1) is 0 Å². The highest BCUT2D eigenvalue weighted by atomic mass is 32.2. The summed E-state index contributed by atoms with van der Waals surface area (Å²) in [5, 5.41) is 13.0. The van der Waals surface area contributed by atoms with Gasteiger partial charge in [0.1, 0.15) is 10.0 Å². The van der Waals surface area contributed by atoms with Crippen LogP contribution >= 0.6 is 23.1 Å². The predicted octanol–water partition coefficient (Wildman–Crippen LogP) is 2.84. The maximum absolute atomic E-state index is 12.8.